The Hall–Kier alpha value is 2.67. The summed E-state index contributed by atoms with van der Waals surface area (Å²) in [6, 6.07) is 0. The van der Waals surface area contributed by atoms with Gasteiger partial charge in [-0.3, -0.25) is 0 Å². The van der Waals surface area contributed by atoms with E-state index in [2.05, 4.69) is 0 Å². The molecule has 0 aliphatic carbocycles. The first-order chi connectivity index (χ1) is 0. The fourth-order valence-electron chi connectivity index (χ4n) is 0. The molecule has 0 aromatic heterocycles. The van der Waals surface area contributed by atoms with E-state index in [1.165, 1.54) is 0 Å². The molecular formula is F3PrYb. The second-order valence-corrected chi connectivity index (χ2v) is 0. The molecule has 0 heterocycles. The third-order valence-electron chi connectivity index (χ3n) is 0. The van der Waals surface area contributed by atoms with Gasteiger partial charge < -0.3 is 14.1 Å². The van der Waals surface area contributed by atoms with Crippen molar-refractivity contribution in [3.63, 3.8) is 0 Å². The molecular weight excluding hydrogens is 371 g/mol. The van der Waals surface area contributed by atoms with Crippen LogP contribution < -0.4 is 14.1 Å². The van der Waals surface area contributed by atoms with E-state index in [0.29, 0.717) is 0 Å². The van der Waals surface area contributed by atoms with Crippen molar-refractivity contribution < 1.29 is 102 Å². The zero-order chi connectivity index (χ0) is 0. The summed E-state index contributed by atoms with van der Waals surface area (Å²) >= 11 is 0. The van der Waals surface area contributed by atoms with Crippen LogP contribution in [-0.4, -0.2) is 0 Å². The molecule has 0 fully saturated rings. The topological polar surface area (TPSA) is 0 Å². The molecule has 0 saturated carbocycles. The van der Waals surface area contributed by atoms with Crippen LogP contribution in [0.1, 0.15) is 0 Å². The normalized spacial score (nSPS) is 0. The van der Waals surface area contributed by atoms with E-state index in [1.54, 1.807) is 0 Å². The van der Waals surface area contributed by atoms with Crippen LogP contribution in [-0.2, 0) is 0 Å². The maximum atomic E-state index is 0. The SMILES string of the molecule is [F-].[F-].[F-].[Pr].[Yb+3]. The Morgan fingerprint density at radius 3 is 0.600 bits per heavy atom. The molecule has 0 N–H and O–H groups in total. The molecule has 0 atom stereocenters. The van der Waals surface area contributed by atoms with Crippen LogP contribution in [0.5, 0.6) is 0 Å². The third-order valence-corrected chi connectivity index (χ3v) is 0. The summed E-state index contributed by atoms with van der Waals surface area (Å²) in [5, 5.41) is 0. The van der Waals surface area contributed by atoms with Crippen molar-refractivity contribution in [1.82, 2.24) is 0 Å². The number of halogens is 3. The summed E-state index contributed by atoms with van der Waals surface area (Å²) in [7, 11) is 0. The van der Waals surface area contributed by atoms with Crippen molar-refractivity contribution in [3.8, 4) is 0 Å². The van der Waals surface area contributed by atoms with Gasteiger partial charge in [0.15, 0.2) is 0 Å². The van der Waals surface area contributed by atoms with Gasteiger partial charge in [-0.05, 0) is 0 Å². The standard InChI is InChI=1S/3FH.Pr.Yb/h3*1H;;/q;;;;+3/p-3. The third kappa shape index (κ3) is 20.4. The van der Waals surface area contributed by atoms with Crippen LogP contribution >= 0.6 is 0 Å². The molecule has 5 heavy (non-hydrogen) atoms. The summed E-state index contributed by atoms with van der Waals surface area (Å²) in [6.07, 6.45) is 0. The van der Waals surface area contributed by atoms with Gasteiger partial charge in [0.25, 0.3) is 0 Å². The van der Waals surface area contributed by atoms with Crippen molar-refractivity contribution in [2.45, 2.75) is 0 Å². The fraction of sp³-hybridized carbons (Fsp3) is 0. The molecule has 0 aromatic carbocycles. The summed E-state index contributed by atoms with van der Waals surface area (Å²) < 4.78 is 0. The van der Waals surface area contributed by atoms with Gasteiger partial charge in [-0.2, -0.15) is 0 Å². The zero-order valence-corrected chi connectivity index (χ0v) is 7.40. The van der Waals surface area contributed by atoms with Gasteiger partial charge in [0.05, 0.1) is 0 Å². The van der Waals surface area contributed by atoms with E-state index in [4.69, 9.17) is 0 Å². The summed E-state index contributed by atoms with van der Waals surface area (Å²) in [6.45, 7) is 0. The first-order valence-corrected chi connectivity index (χ1v) is 0. The molecule has 0 nitrogen and oxygen atoms in total. The van der Waals surface area contributed by atoms with E-state index >= 15 is 0 Å². The molecule has 0 amide bonds. The average molecular weight is 371 g/mol. The Bertz CT molecular complexity index is 6.85. The van der Waals surface area contributed by atoms with Crippen LogP contribution in [0.2, 0.25) is 0 Å². The number of hydrogen-bond donors (Lipinski definition) is 0. The van der Waals surface area contributed by atoms with Crippen LogP contribution in [0.4, 0.5) is 0 Å². The van der Waals surface area contributed by atoms with Crippen LogP contribution in [0.15, 0.2) is 0 Å². The Labute approximate surface area is 99.7 Å². The molecule has 0 rings (SSSR count). The molecule has 2 radical (unpaired) electrons. The van der Waals surface area contributed by atoms with Crippen molar-refractivity contribution in [2.75, 3.05) is 0 Å². The van der Waals surface area contributed by atoms with Gasteiger partial charge in [0.1, 0.15) is 0 Å². The second kappa shape index (κ2) is 30.1. The van der Waals surface area contributed by atoms with E-state index < -0.39 is 0 Å². The van der Waals surface area contributed by atoms with Crippen LogP contribution in [0, 0.1) is 88.2 Å². The number of rotatable bonds is 0. The van der Waals surface area contributed by atoms with Crippen LogP contribution in [0.25, 0.3) is 0 Å². The van der Waals surface area contributed by atoms with Gasteiger partial charge in [0.2, 0.25) is 0 Å². The maximum Gasteiger partial charge on any atom is 3.00 e. The fourth-order valence-corrected chi connectivity index (χ4v) is 0. The maximum absolute atomic E-state index is 0. The minimum atomic E-state index is 0. The second-order valence-electron chi connectivity index (χ2n) is 0. The molecule has 0 saturated heterocycles. The van der Waals surface area contributed by atoms with Crippen molar-refractivity contribution in [3.05, 3.63) is 0 Å². The van der Waals surface area contributed by atoms with Crippen LogP contribution in [0.3, 0.4) is 0 Å². The van der Waals surface area contributed by atoms with Gasteiger partial charge in [-0.15, -0.1) is 0 Å². The van der Waals surface area contributed by atoms with Crippen molar-refractivity contribution in [2.24, 2.45) is 0 Å². The zero-order valence-electron chi connectivity index (χ0n) is 1.98. The average Bonchev–Trinajstić information content (AvgIpc) is 0. The molecule has 5 heteroatoms. The predicted molar refractivity (Wildman–Crippen MR) is 0 cm³/mol. The number of hydrogen-bond acceptors (Lipinski definition) is 0. The van der Waals surface area contributed by atoms with Gasteiger partial charge in [-0.25, -0.2) is 0 Å². The van der Waals surface area contributed by atoms with Gasteiger partial charge >= 0.3 is 46.9 Å². The van der Waals surface area contributed by atoms with Gasteiger partial charge in [-0.1, -0.05) is 0 Å². The Morgan fingerprint density at radius 1 is 0.600 bits per heavy atom. The monoisotopic (exact) mass is 372 g/mol. The predicted octanol–water partition coefficient (Wildman–Crippen LogP) is -8.99. The minimum Gasteiger partial charge on any atom is -1.00 e. The van der Waals surface area contributed by atoms with E-state index in [9.17, 15) is 0 Å². The van der Waals surface area contributed by atoms with Gasteiger partial charge in [0, 0.05) is 41.3 Å². The summed E-state index contributed by atoms with van der Waals surface area (Å²) in [4.78, 5) is 0. The largest absolute Gasteiger partial charge is 3.00 e. The molecule has 0 spiro atoms. The van der Waals surface area contributed by atoms with E-state index in [0.717, 1.165) is 0 Å². The van der Waals surface area contributed by atoms with Crippen molar-refractivity contribution in [1.29, 1.82) is 0 Å². The smallest absolute Gasteiger partial charge is 1.00 e. The Kier molecular flexibility index (Phi) is 287. The summed E-state index contributed by atoms with van der Waals surface area (Å²) in [5.41, 5.74) is 0. The summed E-state index contributed by atoms with van der Waals surface area (Å²) in [5.74, 6) is 0. The molecule has 0 bridgehead atoms. The molecule has 0 unspecified atom stereocenters. The van der Waals surface area contributed by atoms with Crippen molar-refractivity contribution >= 4 is 0 Å². The molecule has 0 aliphatic rings. The van der Waals surface area contributed by atoms with E-state index in [-0.39, 0.29) is 102 Å². The van der Waals surface area contributed by atoms with E-state index in [1.807, 2.05) is 0 Å². The first kappa shape index (κ1) is 47.8. The Morgan fingerprint density at radius 2 is 0.600 bits per heavy atom. The Balaban J connectivity index is 0. The first-order valence-electron chi connectivity index (χ1n) is 0. The molecule has 0 aliphatic heterocycles. The minimum absolute atomic E-state index is 0. The quantitative estimate of drug-likeness (QED) is 0.397. The molecule has 38 valence electrons. The molecule has 0 aromatic rings.